The van der Waals surface area contributed by atoms with Gasteiger partial charge in [-0.05, 0) is 19.1 Å². The van der Waals surface area contributed by atoms with E-state index in [0.29, 0.717) is 6.54 Å². The lowest BCUT2D eigenvalue weighted by Crippen LogP contribution is -2.44. The van der Waals surface area contributed by atoms with Crippen molar-refractivity contribution >= 4 is 27.7 Å². The smallest absolute Gasteiger partial charge is 0.239 e. The summed E-state index contributed by atoms with van der Waals surface area (Å²) in [7, 11) is -0.549. The minimum absolute atomic E-state index is 0.134. The van der Waals surface area contributed by atoms with Crippen LogP contribution in [-0.2, 0) is 14.8 Å². The molecule has 0 bridgehead atoms. The maximum Gasteiger partial charge on any atom is 0.239 e. The van der Waals surface area contributed by atoms with Crippen molar-refractivity contribution in [1.82, 2.24) is 9.21 Å². The minimum Gasteiger partial charge on any atom is -0.338 e. The van der Waals surface area contributed by atoms with Gasteiger partial charge in [-0.15, -0.1) is 0 Å². The van der Waals surface area contributed by atoms with E-state index in [9.17, 15) is 13.2 Å². The van der Waals surface area contributed by atoms with Crippen molar-refractivity contribution in [2.45, 2.75) is 19.4 Å². The molecule has 0 aromatic heterocycles. The molecule has 0 aliphatic carbocycles. The van der Waals surface area contributed by atoms with Crippen LogP contribution in [0.4, 0.5) is 0 Å². The van der Waals surface area contributed by atoms with Crippen LogP contribution in [0.1, 0.15) is 13.3 Å². The van der Waals surface area contributed by atoms with Crippen LogP contribution < -0.4 is 0 Å². The predicted octanol–water partition coefficient (Wildman–Crippen LogP) is 0.232. The second-order valence-corrected chi connectivity index (χ2v) is 7.78. The summed E-state index contributed by atoms with van der Waals surface area (Å²) >= 11 is 1.81. The molecule has 1 unspecified atom stereocenters. The standard InChI is InChI=1S/C10H20N2O3S2/c1-9-4-6-16-7-5-12(9)10(13)8-17(14,15)11(2)3/h9H,4-8H2,1-3H3. The molecule has 0 spiro atoms. The van der Waals surface area contributed by atoms with Crippen molar-refractivity contribution in [3.8, 4) is 0 Å². The first kappa shape index (κ1) is 14.8. The average molecular weight is 280 g/mol. The average Bonchev–Trinajstić information content (AvgIpc) is 2.41. The fourth-order valence-corrected chi connectivity index (χ4v) is 3.41. The monoisotopic (exact) mass is 280 g/mol. The van der Waals surface area contributed by atoms with Gasteiger partial charge in [-0.25, -0.2) is 12.7 Å². The fourth-order valence-electron chi connectivity index (χ4n) is 1.63. The van der Waals surface area contributed by atoms with Crippen molar-refractivity contribution in [2.75, 3.05) is 37.9 Å². The van der Waals surface area contributed by atoms with E-state index in [1.807, 2.05) is 18.7 Å². The zero-order valence-electron chi connectivity index (χ0n) is 10.5. The SMILES string of the molecule is CC1CCSCCN1C(=O)CS(=O)(=O)N(C)C. The summed E-state index contributed by atoms with van der Waals surface area (Å²) in [6.07, 6.45) is 0.929. The molecule has 1 atom stereocenters. The molecule has 100 valence electrons. The summed E-state index contributed by atoms with van der Waals surface area (Å²) in [4.78, 5) is 13.7. The van der Waals surface area contributed by atoms with Gasteiger partial charge in [-0.2, -0.15) is 11.8 Å². The van der Waals surface area contributed by atoms with Gasteiger partial charge in [0.25, 0.3) is 0 Å². The summed E-state index contributed by atoms with van der Waals surface area (Å²) in [6, 6.07) is 0.134. The second kappa shape index (κ2) is 6.06. The molecular formula is C10H20N2O3S2. The number of hydrogen-bond donors (Lipinski definition) is 0. The Morgan fingerprint density at radius 3 is 2.65 bits per heavy atom. The van der Waals surface area contributed by atoms with Crippen LogP contribution in [0.3, 0.4) is 0 Å². The molecule has 0 aromatic carbocycles. The van der Waals surface area contributed by atoms with Crippen LogP contribution in [-0.4, -0.2) is 67.5 Å². The maximum atomic E-state index is 12.0. The van der Waals surface area contributed by atoms with Crippen molar-refractivity contribution < 1.29 is 13.2 Å². The molecule has 0 radical (unpaired) electrons. The number of hydrogen-bond acceptors (Lipinski definition) is 4. The molecule has 1 heterocycles. The zero-order valence-corrected chi connectivity index (χ0v) is 12.2. The number of nitrogens with zero attached hydrogens (tertiary/aromatic N) is 2. The Kier molecular flexibility index (Phi) is 5.27. The van der Waals surface area contributed by atoms with E-state index in [2.05, 4.69) is 0 Å². The van der Waals surface area contributed by atoms with E-state index in [-0.39, 0.29) is 11.9 Å². The third kappa shape index (κ3) is 4.15. The molecule has 17 heavy (non-hydrogen) atoms. The topological polar surface area (TPSA) is 57.7 Å². The molecule has 1 aliphatic heterocycles. The number of carbonyl (C=O) groups excluding carboxylic acids is 1. The molecule has 1 amide bonds. The molecule has 5 nitrogen and oxygen atoms in total. The quantitative estimate of drug-likeness (QED) is 0.743. The lowest BCUT2D eigenvalue weighted by Gasteiger charge is -2.27. The van der Waals surface area contributed by atoms with Gasteiger partial charge >= 0.3 is 0 Å². The first-order valence-electron chi connectivity index (χ1n) is 5.62. The number of amides is 1. The number of sulfonamides is 1. The van der Waals surface area contributed by atoms with E-state index in [4.69, 9.17) is 0 Å². The van der Waals surface area contributed by atoms with E-state index in [0.717, 1.165) is 22.2 Å². The summed E-state index contributed by atoms with van der Waals surface area (Å²) in [5, 5.41) is 0. The van der Waals surface area contributed by atoms with Gasteiger partial charge in [0, 0.05) is 32.4 Å². The highest BCUT2D eigenvalue weighted by molar-refractivity contribution is 7.99. The Bertz CT molecular complexity index is 368. The number of thioether (sulfide) groups is 1. The molecule has 0 aromatic rings. The highest BCUT2D eigenvalue weighted by Crippen LogP contribution is 2.16. The minimum atomic E-state index is -3.45. The maximum absolute atomic E-state index is 12.0. The molecule has 1 rings (SSSR count). The van der Waals surface area contributed by atoms with E-state index >= 15 is 0 Å². The molecular weight excluding hydrogens is 260 g/mol. The van der Waals surface area contributed by atoms with Crippen molar-refractivity contribution in [3.05, 3.63) is 0 Å². The Balaban J connectivity index is 2.69. The second-order valence-electron chi connectivity index (χ2n) is 4.38. The Hall–Kier alpha value is -0.270. The number of rotatable bonds is 3. The molecule has 1 fully saturated rings. The predicted molar refractivity (Wildman–Crippen MR) is 70.6 cm³/mol. The molecule has 0 saturated carbocycles. The van der Waals surface area contributed by atoms with Gasteiger partial charge in [-0.3, -0.25) is 4.79 Å². The highest BCUT2D eigenvalue weighted by Gasteiger charge is 2.27. The fraction of sp³-hybridized carbons (Fsp3) is 0.900. The van der Waals surface area contributed by atoms with Crippen molar-refractivity contribution in [3.63, 3.8) is 0 Å². The van der Waals surface area contributed by atoms with Crippen molar-refractivity contribution in [1.29, 1.82) is 0 Å². The van der Waals surface area contributed by atoms with Gasteiger partial charge < -0.3 is 4.90 Å². The third-order valence-corrected chi connectivity index (χ3v) is 5.59. The van der Waals surface area contributed by atoms with Crippen LogP contribution in [0.2, 0.25) is 0 Å². The summed E-state index contributed by atoms with van der Waals surface area (Å²) in [5.41, 5.74) is 0. The lowest BCUT2D eigenvalue weighted by molar-refractivity contribution is -0.130. The van der Waals surface area contributed by atoms with E-state index in [1.54, 1.807) is 4.90 Å². The largest absolute Gasteiger partial charge is 0.338 e. The van der Waals surface area contributed by atoms with E-state index in [1.165, 1.54) is 14.1 Å². The highest BCUT2D eigenvalue weighted by atomic mass is 32.2. The first-order valence-corrected chi connectivity index (χ1v) is 8.38. The van der Waals surface area contributed by atoms with Crippen LogP contribution in [0.25, 0.3) is 0 Å². The molecule has 0 N–H and O–H groups in total. The Morgan fingerprint density at radius 1 is 1.41 bits per heavy atom. The summed E-state index contributed by atoms with van der Waals surface area (Å²) < 4.78 is 24.4. The Morgan fingerprint density at radius 2 is 2.06 bits per heavy atom. The van der Waals surface area contributed by atoms with Gasteiger partial charge in [0.2, 0.25) is 15.9 Å². The van der Waals surface area contributed by atoms with Gasteiger partial charge in [0.15, 0.2) is 0 Å². The Labute approximate surface area is 108 Å². The van der Waals surface area contributed by atoms with Crippen LogP contribution in [0, 0.1) is 0 Å². The third-order valence-electron chi connectivity index (χ3n) is 2.87. The van der Waals surface area contributed by atoms with Crippen LogP contribution in [0.5, 0.6) is 0 Å². The first-order chi connectivity index (χ1) is 7.84. The van der Waals surface area contributed by atoms with Gasteiger partial charge in [-0.1, -0.05) is 0 Å². The van der Waals surface area contributed by atoms with Gasteiger partial charge in [0.05, 0.1) is 0 Å². The van der Waals surface area contributed by atoms with Gasteiger partial charge in [0.1, 0.15) is 5.75 Å². The van der Waals surface area contributed by atoms with Crippen molar-refractivity contribution in [2.24, 2.45) is 0 Å². The number of carbonyl (C=O) groups is 1. The normalized spacial score (nSPS) is 22.6. The van der Waals surface area contributed by atoms with E-state index < -0.39 is 15.8 Å². The summed E-state index contributed by atoms with van der Waals surface area (Å²) in [6.45, 7) is 2.62. The summed E-state index contributed by atoms with van der Waals surface area (Å²) in [5.74, 6) is 1.21. The zero-order chi connectivity index (χ0) is 13.1. The van der Waals surface area contributed by atoms with Crippen LogP contribution in [0.15, 0.2) is 0 Å². The molecule has 7 heteroatoms. The lowest BCUT2D eigenvalue weighted by atomic mass is 10.2. The molecule has 1 saturated heterocycles. The molecule has 1 aliphatic rings. The van der Waals surface area contributed by atoms with Crippen LogP contribution >= 0.6 is 11.8 Å².